The van der Waals surface area contributed by atoms with E-state index in [4.69, 9.17) is 11.6 Å². The molecule has 1 aliphatic heterocycles. The standard InChI is InChI=1S/C23H22ClFN4O2/c1-16-21(22(24)29(26-16)19-5-3-2-4-6-19)23(31)28-13-11-27(12-14-28)20(30)15-17-7-9-18(25)10-8-17/h2-10H,11-15H2,1H3. The summed E-state index contributed by atoms with van der Waals surface area (Å²) in [6.07, 6.45) is 0.211. The predicted molar refractivity (Wildman–Crippen MR) is 116 cm³/mol. The highest BCUT2D eigenvalue weighted by molar-refractivity contribution is 6.33. The Bertz CT molecular complexity index is 1090. The van der Waals surface area contributed by atoms with E-state index in [1.807, 2.05) is 30.3 Å². The van der Waals surface area contributed by atoms with Gasteiger partial charge in [0, 0.05) is 26.2 Å². The van der Waals surface area contributed by atoms with Gasteiger partial charge in [-0.25, -0.2) is 9.07 Å². The van der Waals surface area contributed by atoms with Gasteiger partial charge in [0.25, 0.3) is 5.91 Å². The first-order chi connectivity index (χ1) is 14.9. The van der Waals surface area contributed by atoms with Crippen molar-refractivity contribution in [3.8, 4) is 5.69 Å². The maximum Gasteiger partial charge on any atom is 0.259 e. The molecule has 0 bridgehead atoms. The Balaban J connectivity index is 1.41. The topological polar surface area (TPSA) is 58.4 Å². The summed E-state index contributed by atoms with van der Waals surface area (Å²) in [6.45, 7) is 3.48. The number of carbonyl (C=O) groups is 2. The Labute approximate surface area is 184 Å². The fraction of sp³-hybridized carbons (Fsp3) is 0.261. The number of para-hydroxylation sites is 1. The van der Waals surface area contributed by atoms with Gasteiger partial charge in [0.05, 0.1) is 23.4 Å². The summed E-state index contributed by atoms with van der Waals surface area (Å²) in [6, 6.07) is 15.3. The third-order valence-electron chi connectivity index (χ3n) is 5.41. The summed E-state index contributed by atoms with van der Waals surface area (Å²) in [5.74, 6) is -0.548. The molecule has 0 aliphatic carbocycles. The Kier molecular flexibility index (Phi) is 6.04. The first-order valence-electron chi connectivity index (χ1n) is 10.1. The molecule has 2 amide bonds. The number of halogens is 2. The molecule has 6 nitrogen and oxygen atoms in total. The fourth-order valence-corrected chi connectivity index (χ4v) is 4.04. The number of hydrogen-bond donors (Lipinski definition) is 0. The van der Waals surface area contributed by atoms with E-state index in [1.165, 1.54) is 12.1 Å². The second kappa shape index (κ2) is 8.89. The Morgan fingerprint density at radius 2 is 1.58 bits per heavy atom. The van der Waals surface area contributed by atoms with Crippen LogP contribution in [0.1, 0.15) is 21.6 Å². The highest BCUT2D eigenvalue weighted by atomic mass is 35.5. The zero-order valence-corrected chi connectivity index (χ0v) is 17.8. The van der Waals surface area contributed by atoms with Gasteiger partial charge >= 0.3 is 0 Å². The fourth-order valence-electron chi connectivity index (χ4n) is 3.69. The van der Waals surface area contributed by atoms with Gasteiger partial charge in [0.2, 0.25) is 5.91 Å². The summed E-state index contributed by atoms with van der Waals surface area (Å²) in [7, 11) is 0. The van der Waals surface area contributed by atoms with Gasteiger partial charge in [-0.3, -0.25) is 9.59 Å². The monoisotopic (exact) mass is 440 g/mol. The molecule has 1 aliphatic rings. The number of aryl methyl sites for hydroxylation is 1. The highest BCUT2D eigenvalue weighted by Gasteiger charge is 2.29. The molecule has 1 saturated heterocycles. The van der Waals surface area contributed by atoms with E-state index in [2.05, 4.69) is 5.10 Å². The van der Waals surface area contributed by atoms with E-state index in [0.29, 0.717) is 37.4 Å². The largest absolute Gasteiger partial charge is 0.339 e. The van der Waals surface area contributed by atoms with E-state index in [1.54, 1.807) is 33.5 Å². The Hall–Kier alpha value is -3.19. The van der Waals surface area contributed by atoms with Crippen LogP contribution in [0.4, 0.5) is 4.39 Å². The Morgan fingerprint density at radius 1 is 0.968 bits per heavy atom. The SMILES string of the molecule is Cc1nn(-c2ccccc2)c(Cl)c1C(=O)N1CCN(C(=O)Cc2ccc(F)cc2)CC1. The van der Waals surface area contributed by atoms with Crippen molar-refractivity contribution in [1.82, 2.24) is 19.6 Å². The van der Waals surface area contributed by atoms with Gasteiger partial charge < -0.3 is 9.80 Å². The van der Waals surface area contributed by atoms with Gasteiger partial charge in [-0.05, 0) is 36.8 Å². The van der Waals surface area contributed by atoms with Crippen LogP contribution in [0.5, 0.6) is 0 Å². The van der Waals surface area contributed by atoms with Crippen LogP contribution in [0.2, 0.25) is 5.15 Å². The summed E-state index contributed by atoms with van der Waals surface area (Å²) < 4.78 is 14.6. The number of carbonyl (C=O) groups excluding carboxylic acids is 2. The lowest BCUT2D eigenvalue weighted by molar-refractivity contribution is -0.131. The maximum absolute atomic E-state index is 13.1. The highest BCUT2D eigenvalue weighted by Crippen LogP contribution is 2.25. The van der Waals surface area contributed by atoms with Crippen molar-refractivity contribution in [2.75, 3.05) is 26.2 Å². The zero-order chi connectivity index (χ0) is 22.0. The lowest BCUT2D eigenvalue weighted by atomic mass is 10.1. The summed E-state index contributed by atoms with van der Waals surface area (Å²) >= 11 is 6.52. The first-order valence-corrected chi connectivity index (χ1v) is 10.4. The molecule has 0 radical (unpaired) electrons. The van der Waals surface area contributed by atoms with E-state index in [-0.39, 0.29) is 29.2 Å². The van der Waals surface area contributed by atoms with Crippen molar-refractivity contribution >= 4 is 23.4 Å². The molecular formula is C23H22ClFN4O2. The number of benzene rings is 2. The molecule has 4 rings (SSSR count). The number of nitrogens with zero attached hydrogens (tertiary/aromatic N) is 4. The average molecular weight is 441 g/mol. The summed E-state index contributed by atoms with van der Waals surface area (Å²) in [4.78, 5) is 29.1. The maximum atomic E-state index is 13.1. The van der Waals surface area contributed by atoms with E-state index in [9.17, 15) is 14.0 Å². The van der Waals surface area contributed by atoms with Crippen LogP contribution in [-0.2, 0) is 11.2 Å². The van der Waals surface area contributed by atoms with Crippen LogP contribution in [-0.4, -0.2) is 57.6 Å². The molecule has 0 atom stereocenters. The third kappa shape index (κ3) is 4.46. The number of piperazine rings is 1. The molecule has 0 N–H and O–H groups in total. The van der Waals surface area contributed by atoms with Gasteiger partial charge in [-0.15, -0.1) is 0 Å². The molecule has 0 spiro atoms. The average Bonchev–Trinajstić information content (AvgIpc) is 3.09. The molecule has 31 heavy (non-hydrogen) atoms. The molecular weight excluding hydrogens is 419 g/mol. The smallest absolute Gasteiger partial charge is 0.259 e. The molecule has 3 aromatic rings. The minimum absolute atomic E-state index is 0.0372. The number of rotatable bonds is 4. The Morgan fingerprint density at radius 3 is 2.23 bits per heavy atom. The second-order valence-corrected chi connectivity index (χ2v) is 7.83. The van der Waals surface area contributed by atoms with Gasteiger partial charge in [-0.2, -0.15) is 5.10 Å². The quantitative estimate of drug-likeness (QED) is 0.624. The van der Waals surface area contributed by atoms with Crippen molar-refractivity contribution in [2.24, 2.45) is 0 Å². The lowest BCUT2D eigenvalue weighted by Gasteiger charge is -2.34. The normalized spacial score (nSPS) is 14.0. The van der Waals surface area contributed by atoms with Crippen LogP contribution >= 0.6 is 11.6 Å². The van der Waals surface area contributed by atoms with Gasteiger partial charge in [-0.1, -0.05) is 41.9 Å². The predicted octanol–water partition coefficient (Wildman–Crippen LogP) is 3.50. The van der Waals surface area contributed by atoms with Crippen molar-refractivity contribution < 1.29 is 14.0 Å². The van der Waals surface area contributed by atoms with Crippen LogP contribution in [0, 0.1) is 12.7 Å². The van der Waals surface area contributed by atoms with E-state index >= 15 is 0 Å². The van der Waals surface area contributed by atoms with Gasteiger partial charge in [0.15, 0.2) is 0 Å². The first kappa shape index (κ1) is 21.1. The van der Waals surface area contributed by atoms with Gasteiger partial charge in [0.1, 0.15) is 11.0 Å². The van der Waals surface area contributed by atoms with E-state index in [0.717, 1.165) is 11.3 Å². The van der Waals surface area contributed by atoms with Crippen LogP contribution in [0.3, 0.4) is 0 Å². The molecule has 1 aromatic heterocycles. The van der Waals surface area contributed by atoms with Crippen molar-refractivity contribution in [3.63, 3.8) is 0 Å². The number of amides is 2. The minimum Gasteiger partial charge on any atom is -0.339 e. The van der Waals surface area contributed by atoms with Crippen LogP contribution in [0.15, 0.2) is 54.6 Å². The molecule has 160 valence electrons. The second-order valence-electron chi connectivity index (χ2n) is 7.47. The molecule has 2 aromatic carbocycles. The van der Waals surface area contributed by atoms with Crippen molar-refractivity contribution in [2.45, 2.75) is 13.3 Å². The lowest BCUT2D eigenvalue weighted by Crippen LogP contribution is -2.51. The minimum atomic E-state index is -0.326. The van der Waals surface area contributed by atoms with Crippen molar-refractivity contribution in [3.05, 3.63) is 82.4 Å². The number of hydrogen-bond acceptors (Lipinski definition) is 3. The van der Waals surface area contributed by atoms with Crippen LogP contribution < -0.4 is 0 Å². The molecule has 0 unspecified atom stereocenters. The van der Waals surface area contributed by atoms with Crippen molar-refractivity contribution in [1.29, 1.82) is 0 Å². The summed E-state index contributed by atoms with van der Waals surface area (Å²) in [5.41, 5.74) is 2.50. The molecule has 0 saturated carbocycles. The van der Waals surface area contributed by atoms with Crippen LogP contribution in [0.25, 0.3) is 5.69 Å². The summed E-state index contributed by atoms with van der Waals surface area (Å²) in [5, 5.41) is 4.72. The third-order valence-corrected chi connectivity index (χ3v) is 5.76. The number of aromatic nitrogens is 2. The zero-order valence-electron chi connectivity index (χ0n) is 17.1. The van der Waals surface area contributed by atoms with E-state index < -0.39 is 0 Å². The molecule has 8 heteroatoms. The molecule has 1 fully saturated rings. The molecule has 2 heterocycles.